The van der Waals surface area contributed by atoms with Gasteiger partial charge >= 0.3 is 5.97 Å². The van der Waals surface area contributed by atoms with Crippen LogP contribution in [-0.4, -0.2) is 15.9 Å². The fraction of sp³-hybridized carbons (Fsp3) is 0.417. The van der Waals surface area contributed by atoms with Crippen molar-refractivity contribution in [2.45, 2.75) is 31.5 Å². The normalized spacial score (nSPS) is 12.5. The van der Waals surface area contributed by atoms with E-state index in [1.54, 1.807) is 0 Å². The second-order valence-electron chi connectivity index (χ2n) is 3.77. The summed E-state index contributed by atoms with van der Waals surface area (Å²) in [6.45, 7) is 4.12. The Labute approximate surface area is 98.4 Å². The number of aliphatic carboxylic acids is 1. The first-order valence-electron chi connectivity index (χ1n) is 4.93. The highest BCUT2D eigenvalue weighted by molar-refractivity contribution is 9.10. The van der Waals surface area contributed by atoms with Crippen LogP contribution in [0.15, 0.2) is 18.2 Å². The number of carboxylic acids is 1. The van der Waals surface area contributed by atoms with Crippen molar-refractivity contribution in [3.8, 4) is 0 Å². The van der Waals surface area contributed by atoms with Gasteiger partial charge in [-0.05, 0) is 37.8 Å². The highest BCUT2D eigenvalue weighted by Crippen LogP contribution is 2.16. The van der Waals surface area contributed by atoms with Gasteiger partial charge in [0.15, 0.2) is 0 Å². The minimum Gasteiger partial charge on any atom is -0.480 e. The van der Waals surface area contributed by atoms with Crippen LogP contribution < -0.4 is 0 Å². The monoisotopic (exact) mass is 270 g/mol. The summed E-state index contributed by atoms with van der Waals surface area (Å²) >= 11 is 3.14. The minimum atomic E-state index is -0.792. The molecule has 1 atom stereocenters. The first kappa shape index (κ1) is 12.2. The van der Waals surface area contributed by atoms with Gasteiger partial charge in [0, 0.05) is 0 Å². The fourth-order valence-electron chi connectivity index (χ4n) is 1.53. The largest absolute Gasteiger partial charge is 0.480 e. The molecule has 15 heavy (non-hydrogen) atoms. The van der Waals surface area contributed by atoms with Crippen LogP contribution in [0.5, 0.6) is 0 Å². The number of rotatable bonds is 4. The Morgan fingerprint density at radius 2 is 2.13 bits per heavy atom. The Kier molecular flexibility index (Phi) is 4.33. The number of hydrogen-bond acceptors (Lipinski definition) is 1. The number of carboxylic acid groups (broad SMARTS) is 1. The van der Waals surface area contributed by atoms with Gasteiger partial charge in [0.2, 0.25) is 0 Å². The van der Waals surface area contributed by atoms with Crippen molar-refractivity contribution >= 4 is 21.9 Å². The summed E-state index contributed by atoms with van der Waals surface area (Å²) in [6, 6.07) is 6.26. The summed E-state index contributed by atoms with van der Waals surface area (Å²) in [6.07, 6.45) is 1.42. The number of benzene rings is 1. The number of alkyl halides is 1. The van der Waals surface area contributed by atoms with E-state index in [0.29, 0.717) is 6.42 Å². The third kappa shape index (κ3) is 3.67. The summed E-state index contributed by atoms with van der Waals surface area (Å²) in [4.78, 5) is 10.2. The molecule has 0 aliphatic carbocycles. The standard InChI is InChI=1S/C12H15BrO2/c1-8-3-4-10(9(2)7-8)5-6-11(13)12(14)15/h3-4,7,11H,5-6H2,1-2H3,(H,14,15). The van der Waals surface area contributed by atoms with Crippen molar-refractivity contribution < 1.29 is 9.90 Å². The lowest BCUT2D eigenvalue weighted by Gasteiger charge is -2.08. The van der Waals surface area contributed by atoms with E-state index in [-0.39, 0.29) is 0 Å². The maximum Gasteiger partial charge on any atom is 0.317 e. The molecule has 0 saturated carbocycles. The van der Waals surface area contributed by atoms with E-state index in [2.05, 4.69) is 48.0 Å². The van der Waals surface area contributed by atoms with Crippen molar-refractivity contribution in [3.63, 3.8) is 0 Å². The molecule has 1 N–H and O–H groups in total. The molecule has 2 nitrogen and oxygen atoms in total. The summed E-state index contributed by atoms with van der Waals surface area (Å²) in [5.41, 5.74) is 3.70. The molecule has 0 aliphatic rings. The van der Waals surface area contributed by atoms with Crippen molar-refractivity contribution in [1.29, 1.82) is 0 Å². The third-order valence-corrected chi connectivity index (χ3v) is 3.28. The highest BCUT2D eigenvalue weighted by Gasteiger charge is 2.12. The third-order valence-electron chi connectivity index (χ3n) is 2.43. The molecule has 1 rings (SSSR count). The molecule has 0 aliphatic heterocycles. The zero-order valence-electron chi connectivity index (χ0n) is 8.96. The average Bonchev–Trinajstić information content (AvgIpc) is 2.15. The van der Waals surface area contributed by atoms with E-state index in [0.717, 1.165) is 6.42 Å². The van der Waals surface area contributed by atoms with Crippen LogP contribution >= 0.6 is 15.9 Å². The highest BCUT2D eigenvalue weighted by atomic mass is 79.9. The molecular formula is C12H15BrO2. The van der Waals surface area contributed by atoms with Gasteiger partial charge in [0.05, 0.1) is 0 Å². The number of hydrogen-bond donors (Lipinski definition) is 1. The molecular weight excluding hydrogens is 256 g/mol. The molecule has 0 bridgehead atoms. The van der Waals surface area contributed by atoms with E-state index < -0.39 is 10.8 Å². The van der Waals surface area contributed by atoms with Gasteiger partial charge < -0.3 is 5.11 Å². The predicted octanol–water partition coefficient (Wildman–Crippen LogP) is 3.08. The summed E-state index contributed by atoms with van der Waals surface area (Å²) in [7, 11) is 0. The van der Waals surface area contributed by atoms with Gasteiger partial charge in [-0.3, -0.25) is 4.79 Å². The average molecular weight is 271 g/mol. The van der Waals surface area contributed by atoms with Gasteiger partial charge in [-0.25, -0.2) is 0 Å². The molecule has 1 unspecified atom stereocenters. The van der Waals surface area contributed by atoms with E-state index in [1.165, 1.54) is 16.7 Å². The topological polar surface area (TPSA) is 37.3 Å². The molecule has 0 spiro atoms. The second-order valence-corrected chi connectivity index (χ2v) is 4.88. The number of carbonyl (C=O) groups is 1. The van der Waals surface area contributed by atoms with Crippen LogP contribution in [0.2, 0.25) is 0 Å². The van der Waals surface area contributed by atoms with Gasteiger partial charge in [0.25, 0.3) is 0 Å². The molecule has 82 valence electrons. The van der Waals surface area contributed by atoms with Gasteiger partial charge in [0.1, 0.15) is 4.83 Å². The van der Waals surface area contributed by atoms with Gasteiger partial charge in [-0.15, -0.1) is 0 Å². The van der Waals surface area contributed by atoms with E-state index in [4.69, 9.17) is 5.11 Å². The van der Waals surface area contributed by atoms with Crippen LogP contribution in [0.25, 0.3) is 0 Å². The number of halogens is 1. The summed E-state index contributed by atoms with van der Waals surface area (Å²) < 4.78 is 0. The van der Waals surface area contributed by atoms with Crippen molar-refractivity contribution in [3.05, 3.63) is 34.9 Å². The Hall–Kier alpha value is -0.830. The first-order chi connectivity index (χ1) is 7.00. The van der Waals surface area contributed by atoms with Crippen molar-refractivity contribution in [2.24, 2.45) is 0 Å². The van der Waals surface area contributed by atoms with E-state index in [1.807, 2.05) is 0 Å². The lowest BCUT2D eigenvalue weighted by Crippen LogP contribution is -2.13. The lowest BCUT2D eigenvalue weighted by molar-refractivity contribution is -0.136. The van der Waals surface area contributed by atoms with Crippen LogP contribution in [-0.2, 0) is 11.2 Å². The van der Waals surface area contributed by atoms with E-state index >= 15 is 0 Å². The van der Waals surface area contributed by atoms with Gasteiger partial charge in [-0.2, -0.15) is 0 Å². The Bertz CT molecular complexity index is 361. The zero-order chi connectivity index (χ0) is 11.4. The molecule has 1 aromatic rings. The molecule has 0 aromatic heterocycles. The Morgan fingerprint density at radius 1 is 1.47 bits per heavy atom. The smallest absolute Gasteiger partial charge is 0.317 e. The Morgan fingerprint density at radius 3 is 2.67 bits per heavy atom. The molecule has 1 aromatic carbocycles. The van der Waals surface area contributed by atoms with Crippen LogP contribution in [0.1, 0.15) is 23.1 Å². The second kappa shape index (κ2) is 5.31. The zero-order valence-corrected chi connectivity index (χ0v) is 10.5. The first-order valence-corrected chi connectivity index (χ1v) is 5.85. The Balaban J connectivity index is 2.62. The number of aryl methyl sites for hydroxylation is 3. The molecule has 0 fully saturated rings. The lowest BCUT2D eigenvalue weighted by atomic mass is 10.0. The maximum absolute atomic E-state index is 10.6. The quantitative estimate of drug-likeness (QED) is 0.854. The fourth-order valence-corrected chi connectivity index (χ4v) is 1.76. The molecule has 0 heterocycles. The van der Waals surface area contributed by atoms with Crippen LogP contribution in [0.4, 0.5) is 0 Å². The van der Waals surface area contributed by atoms with E-state index in [9.17, 15) is 4.79 Å². The predicted molar refractivity (Wildman–Crippen MR) is 64.6 cm³/mol. The molecule has 0 radical (unpaired) electrons. The van der Waals surface area contributed by atoms with Crippen LogP contribution in [0.3, 0.4) is 0 Å². The van der Waals surface area contributed by atoms with Gasteiger partial charge in [-0.1, -0.05) is 39.7 Å². The summed E-state index contributed by atoms with van der Waals surface area (Å²) in [5.74, 6) is -0.792. The van der Waals surface area contributed by atoms with Crippen molar-refractivity contribution in [2.75, 3.05) is 0 Å². The van der Waals surface area contributed by atoms with Crippen LogP contribution in [0, 0.1) is 13.8 Å². The minimum absolute atomic E-state index is 0.446. The molecule has 0 amide bonds. The molecule has 0 saturated heterocycles. The molecule has 3 heteroatoms. The SMILES string of the molecule is Cc1ccc(CCC(Br)C(=O)O)c(C)c1. The summed E-state index contributed by atoms with van der Waals surface area (Å²) in [5, 5.41) is 8.73. The maximum atomic E-state index is 10.6. The van der Waals surface area contributed by atoms with Crippen molar-refractivity contribution in [1.82, 2.24) is 0 Å².